The second-order valence-electron chi connectivity index (χ2n) is 14.5. The number of fused-ring (bicyclic) bond motifs is 3. The summed E-state index contributed by atoms with van der Waals surface area (Å²) in [5, 5.41) is 8.12. The van der Waals surface area contributed by atoms with E-state index in [4.69, 9.17) is 0 Å². The molecule has 0 amide bonds. The minimum absolute atomic E-state index is 0.158. The first-order valence-electron chi connectivity index (χ1n) is 19.2. The molecule has 0 fully saturated rings. The van der Waals surface area contributed by atoms with Crippen LogP contribution in [-0.2, 0) is 11.6 Å². The van der Waals surface area contributed by atoms with E-state index >= 15 is 0 Å². The minimum atomic E-state index is -4.63. The number of anilines is 1. The smallest absolute Gasteiger partial charge is 0.378 e. The quantitative estimate of drug-likeness (QED) is 0.0948. The molecule has 3 nitrogen and oxygen atoms in total. The molecule has 0 bridgehead atoms. The van der Waals surface area contributed by atoms with Crippen LogP contribution in [0.1, 0.15) is 117 Å². The van der Waals surface area contributed by atoms with E-state index in [0.29, 0.717) is 11.1 Å². The highest BCUT2D eigenvalue weighted by Gasteiger charge is 2.42. The summed E-state index contributed by atoms with van der Waals surface area (Å²) in [7, 11) is 4.05. The summed E-state index contributed by atoms with van der Waals surface area (Å²) in [4.78, 5) is 2.07. The number of benzene rings is 4. The van der Waals surface area contributed by atoms with Crippen LogP contribution in [0.2, 0.25) is 0 Å². The summed E-state index contributed by atoms with van der Waals surface area (Å²) >= 11 is 0. The van der Waals surface area contributed by atoms with Crippen molar-refractivity contribution in [2.45, 2.75) is 89.6 Å². The molecule has 1 heterocycles. The van der Waals surface area contributed by atoms with Crippen LogP contribution in [0.15, 0.2) is 97.1 Å². The Morgan fingerprint density at radius 3 is 1.67 bits per heavy atom. The van der Waals surface area contributed by atoms with Crippen LogP contribution in [0.3, 0.4) is 0 Å². The third-order valence-corrected chi connectivity index (χ3v) is 10.5. The number of nitrogens with zero attached hydrogens (tertiary/aromatic N) is 3. The lowest BCUT2D eigenvalue weighted by molar-refractivity contribution is -0.138. The van der Waals surface area contributed by atoms with E-state index in [1.165, 1.54) is 35.1 Å². The molecule has 5 aromatic rings. The molecule has 6 heteroatoms. The standard InChI is InChI=1S/C48H48F3N3/c1-5-7-9-14-30-47(31-15-10-8-6-2)42-32-36(19-18-35-20-25-39(26-21-35)54(3)4)22-27-40(42)41-28-23-37(33-43(41)47)24-29-45-44(48(49,50)51)34-46(53-52-45)38-16-12-11-13-17-38/h11-13,16-17,20-23,25-28,32-34H,5-10,14-15,30-31H2,1-4H3. The van der Waals surface area contributed by atoms with Gasteiger partial charge in [0.15, 0.2) is 0 Å². The van der Waals surface area contributed by atoms with Crippen molar-refractivity contribution < 1.29 is 13.2 Å². The van der Waals surface area contributed by atoms with Gasteiger partial charge in [-0.25, -0.2) is 0 Å². The minimum Gasteiger partial charge on any atom is -0.378 e. The van der Waals surface area contributed by atoms with Crippen molar-refractivity contribution in [3.63, 3.8) is 0 Å². The number of aromatic nitrogens is 2. The first kappa shape index (κ1) is 38.4. The van der Waals surface area contributed by atoms with Crippen molar-refractivity contribution in [2.75, 3.05) is 19.0 Å². The predicted molar refractivity (Wildman–Crippen MR) is 215 cm³/mol. The van der Waals surface area contributed by atoms with E-state index in [-0.39, 0.29) is 16.8 Å². The molecule has 0 aliphatic heterocycles. The van der Waals surface area contributed by atoms with Gasteiger partial charge in [0, 0.05) is 47.5 Å². The van der Waals surface area contributed by atoms with Crippen molar-refractivity contribution in [3.8, 4) is 46.1 Å². The van der Waals surface area contributed by atoms with Gasteiger partial charge < -0.3 is 4.90 Å². The largest absolute Gasteiger partial charge is 0.419 e. The normalized spacial score (nSPS) is 12.6. The van der Waals surface area contributed by atoms with Gasteiger partial charge in [-0.1, -0.05) is 125 Å². The Hall–Kier alpha value is -5.33. The van der Waals surface area contributed by atoms with E-state index in [1.807, 2.05) is 20.2 Å². The van der Waals surface area contributed by atoms with Crippen LogP contribution in [-0.4, -0.2) is 24.3 Å². The molecule has 1 aliphatic carbocycles. The van der Waals surface area contributed by atoms with Crippen molar-refractivity contribution in [2.24, 2.45) is 0 Å². The molecule has 4 aromatic carbocycles. The first-order chi connectivity index (χ1) is 26.1. The lowest BCUT2D eigenvalue weighted by Gasteiger charge is -2.33. The number of hydrogen-bond donors (Lipinski definition) is 0. The Kier molecular flexibility index (Phi) is 12.2. The summed E-state index contributed by atoms with van der Waals surface area (Å²) < 4.78 is 43.0. The molecule has 54 heavy (non-hydrogen) atoms. The van der Waals surface area contributed by atoms with Gasteiger partial charge in [-0.2, -0.15) is 13.2 Å². The van der Waals surface area contributed by atoms with Crippen LogP contribution in [0.25, 0.3) is 22.4 Å². The molecule has 0 spiro atoms. The maximum absolute atomic E-state index is 14.3. The van der Waals surface area contributed by atoms with Crippen molar-refractivity contribution in [1.82, 2.24) is 10.2 Å². The molecule has 276 valence electrons. The number of halogens is 3. The first-order valence-corrected chi connectivity index (χ1v) is 19.2. The van der Waals surface area contributed by atoms with Gasteiger partial charge in [-0.05, 0) is 95.6 Å². The molecule has 1 aromatic heterocycles. The van der Waals surface area contributed by atoms with Gasteiger partial charge in [0.05, 0.1) is 11.3 Å². The summed E-state index contributed by atoms with van der Waals surface area (Å²) in [6.07, 6.45) is 6.49. The molecule has 6 rings (SSSR count). The Morgan fingerprint density at radius 2 is 1.13 bits per heavy atom. The van der Waals surface area contributed by atoms with Crippen molar-refractivity contribution in [3.05, 3.63) is 136 Å². The Balaban J connectivity index is 1.41. The molecule has 0 atom stereocenters. The average molecular weight is 724 g/mol. The number of alkyl halides is 3. The SMILES string of the molecule is CCCCCCC1(CCCCCC)c2cc(C#Cc3ccc(N(C)C)cc3)ccc2-c2ccc(C#Cc3nnc(-c4ccccc4)cc3C(F)(F)F)cc21. The van der Waals surface area contributed by atoms with Gasteiger partial charge in [0.1, 0.15) is 5.69 Å². The summed E-state index contributed by atoms with van der Waals surface area (Å²) in [5.41, 5.74) is 7.83. The zero-order valence-corrected chi connectivity index (χ0v) is 31.8. The van der Waals surface area contributed by atoms with E-state index in [2.05, 4.69) is 107 Å². The van der Waals surface area contributed by atoms with Crippen molar-refractivity contribution >= 4 is 5.69 Å². The zero-order valence-electron chi connectivity index (χ0n) is 31.8. The monoisotopic (exact) mass is 723 g/mol. The van der Waals surface area contributed by atoms with Crippen LogP contribution in [0.5, 0.6) is 0 Å². The van der Waals surface area contributed by atoms with E-state index in [0.717, 1.165) is 74.2 Å². The molecular weight excluding hydrogens is 676 g/mol. The molecule has 0 saturated heterocycles. The van der Waals surface area contributed by atoms with E-state index < -0.39 is 11.7 Å². The van der Waals surface area contributed by atoms with Crippen LogP contribution in [0.4, 0.5) is 18.9 Å². The molecule has 0 unspecified atom stereocenters. The third-order valence-electron chi connectivity index (χ3n) is 10.5. The third kappa shape index (κ3) is 8.72. The highest BCUT2D eigenvalue weighted by atomic mass is 19.4. The molecular formula is C48H48F3N3. The van der Waals surface area contributed by atoms with Gasteiger partial charge in [-0.15, -0.1) is 10.2 Å². The van der Waals surface area contributed by atoms with Gasteiger partial charge in [0.25, 0.3) is 0 Å². The zero-order chi connectivity index (χ0) is 38.1. The van der Waals surface area contributed by atoms with Crippen LogP contribution >= 0.6 is 0 Å². The molecule has 0 saturated carbocycles. The summed E-state index contributed by atoms with van der Waals surface area (Å²) in [6.45, 7) is 4.46. The number of unbranched alkanes of at least 4 members (excludes halogenated alkanes) is 6. The van der Waals surface area contributed by atoms with E-state index in [1.54, 1.807) is 30.3 Å². The lowest BCUT2D eigenvalue weighted by atomic mass is 9.70. The van der Waals surface area contributed by atoms with Gasteiger partial charge in [0.2, 0.25) is 0 Å². The fraction of sp³-hybridized carbons (Fsp3) is 0.333. The number of hydrogen-bond acceptors (Lipinski definition) is 3. The van der Waals surface area contributed by atoms with Gasteiger partial charge in [-0.3, -0.25) is 0 Å². The highest BCUT2D eigenvalue weighted by molar-refractivity contribution is 5.82. The molecule has 1 aliphatic rings. The molecule has 0 N–H and O–H groups in total. The van der Waals surface area contributed by atoms with E-state index in [9.17, 15) is 13.2 Å². The molecule has 0 radical (unpaired) electrons. The number of rotatable bonds is 12. The second-order valence-corrected chi connectivity index (χ2v) is 14.5. The average Bonchev–Trinajstić information content (AvgIpc) is 3.44. The topological polar surface area (TPSA) is 29.0 Å². The maximum atomic E-state index is 14.3. The maximum Gasteiger partial charge on any atom is 0.419 e. The van der Waals surface area contributed by atoms with Gasteiger partial charge >= 0.3 is 6.18 Å². The lowest BCUT2D eigenvalue weighted by Crippen LogP contribution is -2.26. The predicted octanol–water partition coefficient (Wildman–Crippen LogP) is 12.2. The Morgan fingerprint density at radius 1 is 0.593 bits per heavy atom. The van der Waals surface area contributed by atoms with Crippen molar-refractivity contribution in [1.29, 1.82) is 0 Å². The Bertz CT molecular complexity index is 2170. The Labute approximate surface area is 319 Å². The van der Waals surface area contributed by atoms with Crippen LogP contribution in [0, 0.1) is 23.7 Å². The summed E-state index contributed by atoms with van der Waals surface area (Å²) in [5.74, 6) is 12.6. The summed E-state index contributed by atoms with van der Waals surface area (Å²) in [6, 6.07) is 30.8. The fourth-order valence-electron chi connectivity index (χ4n) is 7.59. The van der Waals surface area contributed by atoms with Crippen LogP contribution < -0.4 is 4.90 Å². The highest BCUT2D eigenvalue weighted by Crippen LogP contribution is 2.54. The fourth-order valence-corrected chi connectivity index (χ4v) is 7.59. The second kappa shape index (κ2) is 17.2.